The van der Waals surface area contributed by atoms with Crippen LogP contribution in [0.2, 0.25) is 4.34 Å². The van der Waals surface area contributed by atoms with Crippen LogP contribution in [0.1, 0.15) is 50.2 Å². The number of aromatic nitrogens is 2. The third-order valence-corrected chi connectivity index (χ3v) is 10.0. The molecule has 0 spiro atoms. The number of hydrogen-bond acceptors (Lipinski definition) is 8. The quantitative estimate of drug-likeness (QED) is 0.495. The van der Waals surface area contributed by atoms with E-state index < -0.39 is 10.0 Å². The molecule has 3 heterocycles. The molecule has 4 rings (SSSR count). The first-order valence-electron chi connectivity index (χ1n) is 11.4. The highest BCUT2D eigenvalue weighted by Crippen LogP contribution is 2.28. The Morgan fingerprint density at radius 2 is 1.91 bits per heavy atom. The van der Waals surface area contributed by atoms with Gasteiger partial charge in [-0.3, -0.25) is 9.69 Å². The van der Waals surface area contributed by atoms with Crippen molar-refractivity contribution >= 4 is 51.3 Å². The molecule has 1 saturated heterocycles. The van der Waals surface area contributed by atoms with Crippen LogP contribution in [0, 0.1) is 0 Å². The summed E-state index contributed by atoms with van der Waals surface area (Å²) in [4.78, 5) is 20.9. The number of carbonyl (C=O) groups is 1. The van der Waals surface area contributed by atoms with Crippen LogP contribution in [-0.2, 0) is 27.8 Å². The summed E-state index contributed by atoms with van der Waals surface area (Å²) < 4.78 is 33.0. The van der Waals surface area contributed by atoms with Crippen molar-refractivity contribution in [1.29, 1.82) is 0 Å². The first kappa shape index (κ1) is 27.3. The number of thiophene rings is 1. The maximum absolute atomic E-state index is 12.7. The van der Waals surface area contributed by atoms with Gasteiger partial charge in [0.25, 0.3) is 10.0 Å². The summed E-state index contributed by atoms with van der Waals surface area (Å²) in [6.07, 6.45) is 6.61. The van der Waals surface area contributed by atoms with Gasteiger partial charge in [-0.05, 0) is 25.0 Å². The molecule has 13 heteroatoms. The van der Waals surface area contributed by atoms with E-state index in [1.165, 1.54) is 23.6 Å². The maximum atomic E-state index is 12.7. The zero-order chi connectivity index (χ0) is 23.4. The predicted octanol–water partition coefficient (Wildman–Crippen LogP) is 3.44. The molecule has 2 aliphatic rings. The third-order valence-electron chi connectivity index (χ3n) is 6.42. The van der Waals surface area contributed by atoms with E-state index in [2.05, 4.69) is 15.0 Å². The summed E-state index contributed by atoms with van der Waals surface area (Å²) in [6.45, 7) is 2.42. The largest absolute Gasteiger partial charge is 0.343 e. The first-order chi connectivity index (χ1) is 15.8. The Labute approximate surface area is 215 Å². The van der Waals surface area contributed by atoms with E-state index in [1.54, 1.807) is 12.1 Å². The number of halogens is 2. The highest BCUT2D eigenvalue weighted by molar-refractivity contribution is 7.91. The van der Waals surface area contributed by atoms with Crippen molar-refractivity contribution in [1.82, 2.24) is 24.2 Å². The van der Waals surface area contributed by atoms with Crippen LogP contribution in [0.5, 0.6) is 0 Å². The molecular formula is C21H31Cl2N5O4S2. The van der Waals surface area contributed by atoms with E-state index in [9.17, 15) is 13.2 Å². The Morgan fingerprint density at radius 3 is 2.56 bits per heavy atom. The highest BCUT2D eigenvalue weighted by atomic mass is 35.5. The van der Waals surface area contributed by atoms with E-state index in [0.29, 0.717) is 67.7 Å². The van der Waals surface area contributed by atoms with Crippen LogP contribution >= 0.6 is 35.3 Å². The SMILES string of the molecule is CN(C(=O)CCc1nc(CN2CCN(S(=O)(=O)c3ccc(Cl)s3)CC2)no1)C1CCCCC1.Cl. The Morgan fingerprint density at radius 1 is 1.21 bits per heavy atom. The molecule has 1 amide bonds. The minimum absolute atomic E-state index is 0. The maximum Gasteiger partial charge on any atom is 0.252 e. The van der Waals surface area contributed by atoms with Gasteiger partial charge in [0.2, 0.25) is 11.8 Å². The van der Waals surface area contributed by atoms with Crippen molar-refractivity contribution < 1.29 is 17.7 Å². The topological polar surface area (TPSA) is 99.9 Å². The molecule has 0 atom stereocenters. The number of carbonyl (C=O) groups excluding carboxylic acids is 1. The lowest BCUT2D eigenvalue weighted by Gasteiger charge is -2.32. The molecule has 0 N–H and O–H groups in total. The zero-order valence-corrected chi connectivity index (χ0v) is 22.4. The van der Waals surface area contributed by atoms with Gasteiger partial charge in [-0.2, -0.15) is 9.29 Å². The molecule has 1 aliphatic heterocycles. The highest BCUT2D eigenvalue weighted by Gasteiger charge is 2.30. The standard InChI is InChI=1S/C21H30ClN5O4S2.ClH/c1-25(16-5-3-2-4-6-16)20(28)9-8-19-23-18(24-31-19)15-26-11-13-27(14-12-26)33(29,30)21-10-7-17(22)32-21;/h7,10,16H,2-6,8-9,11-15H2,1H3;1H. The molecule has 0 bridgehead atoms. The third kappa shape index (κ3) is 6.70. The van der Waals surface area contributed by atoms with Crippen molar-refractivity contribution in [3.8, 4) is 0 Å². The molecule has 2 aromatic rings. The van der Waals surface area contributed by atoms with Gasteiger partial charge >= 0.3 is 0 Å². The Kier molecular flexibility index (Phi) is 9.76. The van der Waals surface area contributed by atoms with Crippen molar-refractivity contribution in [3.05, 3.63) is 28.2 Å². The number of sulfonamides is 1. The second-order valence-electron chi connectivity index (χ2n) is 8.64. The summed E-state index contributed by atoms with van der Waals surface area (Å²) in [5.41, 5.74) is 0. The molecule has 2 fully saturated rings. The molecule has 190 valence electrons. The summed E-state index contributed by atoms with van der Waals surface area (Å²) in [5.74, 6) is 1.14. The summed E-state index contributed by atoms with van der Waals surface area (Å²) in [7, 11) is -1.62. The second-order valence-corrected chi connectivity index (χ2v) is 12.5. The van der Waals surface area contributed by atoms with Crippen molar-refractivity contribution in [2.75, 3.05) is 33.2 Å². The lowest BCUT2D eigenvalue weighted by molar-refractivity contribution is -0.132. The van der Waals surface area contributed by atoms with E-state index in [-0.39, 0.29) is 22.5 Å². The number of piperazine rings is 1. The Hall–Kier alpha value is -1.24. The van der Waals surface area contributed by atoms with Crippen LogP contribution in [0.4, 0.5) is 0 Å². The van der Waals surface area contributed by atoms with E-state index in [4.69, 9.17) is 16.1 Å². The fourth-order valence-electron chi connectivity index (χ4n) is 4.41. The monoisotopic (exact) mass is 551 g/mol. The average Bonchev–Trinajstić information content (AvgIpc) is 3.47. The van der Waals surface area contributed by atoms with Crippen molar-refractivity contribution in [3.63, 3.8) is 0 Å². The van der Waals surface area contributed by atoms with Crippen LogP contribution in [0.15, 0.2) is 20.9 Å². The Bertz CT molecular complexity index is 1050. The molecule has 1 saturated carbocycles. The number of rotatable bonds is 8. The molecular weight excluding hydrogens is 521 g/mol. The minimum atomic E-state index is -3.51. The number of nitrogens with zero attached hydrogens (tertiary/aromatic N) is 5. The molecule has 0 unspecified atom stereocenters. The predicted molar refractivity (Wildman–Crippen MR) is 133 cm³/mol. The summed E-state index contributed by atoms with van der Waals surface area (Å²) in [5, 5.41) is 4.04. The second kappa shape index (κ2) is 12.1. The Balaban J connectivity index is 0.00000324. The molecule has 1 aliphatic carbocycles. The average molecular weight is 553 g/mol. The molecule has 2 aromatic heterocycles. The number of aryl methyl sites for hydroxylation is 1. The van der Waals surface area contributed by atoms with Crippen LogP contribution in [-0.4, -0.2) is 77.8 Å². The van der Waals surface area contributed by atoms with Gasteiger partial charge in [0.1, 0.15) is 4.21 Å². The van der Waals surface area contributed by atoms with Gasteiger partial charge in [0.05, 0.1) is 10.9 Å². The van der Waals surface area contributed by atoms with Gasteiger partial charge in [-0.1, -0.05) is 36.0 Å². The van der Waals surface area contributed by atoms with Crippen LogP contribution < -0.4 is 0 Å². The van der Waals surface area contributed by atoms with Crippen molar-refractivity contribution in [2.24, 2.45) is 0 Å². The first-order valence-corrected chi connectivity index (χ1v) is 14.0. The van der Waals surface area contributed by atoms with E-state index >= 15 is 0 Å². The van der Waals surface area contributed by atoms with E-state index in [1.807, 2.05) is 11.9 Å². The van der Waals surface area contributed by atoms with Crippen LogP contribution in [0.3, 0.4) is 0 Å². The van der Waals surface area contributed by atoms with Gasteiger partial charge in [-0.25, -0.2) is 8.42 Å². The minimum Gasteiger partial charge on any atom is -0.343 e. The van der Waals surface area contributed by atoms with Crippen LogP contribution in [0.25, 0.3) is 0 Å². The smallest absolute Gasteiger partial charge is 0.252 e. The summed E-state index contributed by atoms with van der Waals surface area (Å²) in [6, 6.07) is 3.50. The lowest BCUT2D eigenvalue weighted by atomic mass is 9.94. The van der Waals surface area contributed by atoms with Gasteiger partial charge in [0, 0.05) is 52.1 Å². The number of amides is 1. The zero-order valence-electron chi connectivity index (χ0n) is 19.2. The van der Waals surface area contributed by atoms with E-state index in [0.717, 1.165) is 24.2 Å². The fraction of sp³-hybridized carbons (Fsp3) is 0.667. The molecule has 34 heavy (non-hydrogen) atoms. The molecule has 0 aromatic carbocycles. The normalized spacial score (nSPS) is 18.5. The summed E-state index contributed by atoms with van der Waals surface area (Å²) >= 11 is 6.97. The molecule has 9 nitrogen and oxygen atoms in total. The van der Waals surface area contributed by atoms with Gasteiger partial charge in [0.15, 0.2) is 5.82 Å². The fourth-order valence-corrected chi connectivity index (χ4v) is 7.47. The van der Waals surface area contributed by atoms with Gasteiger partial charge < -0.3 is 9.42 Å². The lowest BCUT2D eigenvalue weighted by Crippen LogP contribution is -2.48. The molecule has 0 radical (unpaired) electrons. The number of hydrogen-bond donors (Lipinski definition) is 0. The van der Waals surface area contributed by atoms with Gasteiger partial charge in [-0.15, -0.1) is 23.7 Å². The van der Waals surface area contributed by atoms with Crippen molar-refractivity contribution in [2.45, 2.75) is 61.7 Å².